The van der Waals surface area contributed by atoms with Crippen LogP contribution in [0.15, 0.2) is 36.7 Å². The van der Waals surface area contributed by atoms with Gasteiger partial charge in [0, 0.05) is 23.9 Å². The number of ketones is 1. The lowest BCUT2D eigenvalue weighted by Crippen LogP contribution is -2.25. The molecule has 2 aromatic rings. The van der Waals surface area contributed by atoms with Gasteiger partial charge in [0.2, 0.25) is 0 Å². The minimum Gasteiger partial charge on any atom is -0.351 e. The largest absolute Gasteiger partial charge is 0.351 e. The number of rotatable bonds is 6. The Hall–Kier alpha value is -2.76. The van der Waals surface area contributed by atoms with E-state index in [9.17, 15) is 9.59 Å². The Balaban J connectivity index is 2.09. The zero-order valence-electron chi connectivity index (χ0n) is 12.6. The molecule has 6 heteroatoms. The number of hydrogen-bond donors (Lipinski definition) is 2. The lowest BCUT2D eigenvalue weighted by atomic mass is 10.1. The number of carbonyl (C=O) groups is 2. The van der Waals surface area contributed by atoms with Crippen molar-refractivity contribution >= 4 is 23.2 Å². The van der Waals surface area contributed by atoms with E-state index in [0.29, 0.717) is 23.6 Å². The van der Waals surface area contributed by atoms with Gasteiger partial charge in [0.05, 0.1) is 0 Å². The number of carbonyl (C=O) groups excluding carboxylic acids is 2. The number of amides is 1. The summed E-state index contributed by atoms with van der Waals surface area (Å²) in [7, 11) is 0. The van der Waals surface area contributed by atoms with Crippen molar-refractivity contribution in [1.29, 1.82) is 0 Å². The maximum atomic E-state index is 11.9. The molecule has 0 aliphatic carbocycles. The maximum Gasteiger partial charge on any atom is 0.270 e. The van der Waals surface area contributed by atoms with Gasteiger partial charge in [0.1, 0.15) is 17.8 Å². The van der Waals surface area contributed by atoms with E-state index in [1.807, 2.05) is 6.92 Å². The van der Waals surface area contributed by atoms with Gasteiger partial charge in [-0.15, -0.1) is 0 Å². The molecular weight excluding hydrogens is 280 g/mol. The highest BCUT2D eigenvalue weighted by Crippen LogP contribution is 2.15. The highest BCUT2D eigenvalue weighted by molar-refractivity contribution is 5.94. The van der Waals surface area contributed by atoms with Gasteiger partial charge in [0.25, 0.3) is 5.91 Å². The predicted octanol–water partition coefficient (Wildman–Crippen LogP) is 2.56. The molecule has 0 spiro atoms. The van der Waals surface area contributed by atoms with Crippen LogP contribution in [-0.4, -0.2) is 28.2 Å². The highest BCUT2D eigenvalue weighted by Gasteiger charge is 2.08. The fourth-order valence-electron chi connectivity index (χ4n) is 1.82. The second kappa shape index (κ2) is 7.31. The molecule has 0 atom stereocenters. The molecule has 0 saturated carbocycles. The first-order chi connectivity index (χ1) is 10.6. The molecule has 1 aromatic carbocycles. The molecular formula is C16H18N4O2. The molecule has 0 fully saturated rings. The first-order valence-electron chi connectivity index (χ1n) is 7.08. The first-order valence-corrected chi connectivity index (χ1v) is 7.08. The van der Waals surface area contributed by atoms with Gasteiger partial charge in [0.15, 0.2) is 5.78 Å². The molecule has 0 saturated heterocycles. The van der Waals surface area contributed by atoms with Gasteiger partial charge in [-0.3, -0.25) is 9.59 Å². The predicted molar refractivity (Wildman–Crippen MR) is 84.4 cm³/mol. The summed E-state index contributed by atoms with van der Waals surface area (Å²) in [5.41, 5.74) is 1.74. The van der Waals surface area contributed by atoms with E-state index in [1.54, 1.807) is 30.3 Å². The van der Waals surface area contributed by atoms with Crippen LogP contribution in [0.3, 0.4) is 0 Å². The monoisotopic (exact) mass is 298 g/mol. The fourth-order valence-corrected chi connectivity index (χ4v) is 1.82. The van der Waals surface area contributed by atoms with E-state index < -0.39 is 0 Å². The average Bonchev–Trinajstić information content (AvgIpc) is 2.53. The molecule has 2 rings (SSSR count). The van der Waals surface area contributed by atoms with Crippen LogP contribution in [0.25, 0.3) is 0 Å². The summed E-state index contributed by atoms with van der Waals surface area (Å²) in [6, 6.07) is 8.64. The highest BCUT2D eigenvalue weighted by atomic mass is 16.1. The van der Waals surface area contributed by atoms with Crippen LogP contribution < -0.4 is 10.6 Å². The zero-order chi connectivity index (χ0) is 15.9. The fraction of sp³-hybridized carbons (Fsp3) is 0.250. The van der Waals surface area contributed by atoms with Crippen LogP contribution in [0.2, 0.25) is 0 Å². The number of nitrogens with zero attached hydrogens (tertiary/aromatic N) is 2. The van der Waals surface area contributed by atoms with Crippen molar-refractivity contribution in [2.45, 2.75) is 20.3 Å². The van der Waals surface area contributed by atoms with Crippen molar-refractivity contribution < 1.29 is 9.59 Å². The van der Waals surface area contributed by atoms with Crippen LogP contribution in [0.5, 0.6) is 0 Å². The molecule has 1 aromatic heterocycles. The summed E-state index contributed by atoms with van der Waals surface area (Å²) < 4.78 is 0. The molecule has 0 radical (unpaired) electrons. The third-order valence-electron chi connectivity index (χ3n) is 3.00. The maximum absolute atomic E-state index is 11.9. The Labute approximate surface area is 129 Å². The van der Waals surface area contributed by atoms with Crippen molar-refractivity contribution in [2.24, 2.45) is 0 Å². The SMILES string of the molecule is CCCNC(=O)c1cc(Nc2ccc(C(C)=O)cc2)ncn1. The van der Waals surface area contributed by atoms with Crippen molar-refractivity contribution in [3.05, 3.63) is 47.9 Å². The van der Waals surface area contributed by atoms with Crippen LogP contribution in [-0.2, 0) is 0 Å². The van der Waals surface area contributed by atoms with E-state index in [2.05, 4.69) is 20.6 Å². The van der Waals surface area contributed by atoms with Crippen molar-refractivity contribution in [3.8, 4) is 0 Å². The molecule has 0 bridgehead atoms. The second-order valence-electron chi connectivity index (χ2n) is 4.80. The average molecular weight is 298 g/mol. The molecule has 1 heterocycles. The summed E-state index contributed by atoms with van der Waals surface area (Å²) in [4.78, 5) is 31.1. The molecule has 0 unspecified atom stereocenters. The van der Waals surface area contributed by atoms with E-state index in [-0.39, 0.29) is 11.7 Å². The van der Waals surface area contributed by atoms with E-state index in [0.717, 1.165) is 12.1 Å². The topological polar surface area (TPSA) is 84.0 Å². The molecule has 0 aliphatic heterocycles. The van der Waals surface area contributed by atoms with Gasteiger partial charge in [-0.2, -0.15) is 0 Å². The standard InChI is InChI=1S/C16H18N4O2/c1-3-8-17-16(22)14-9-15(19-10-18-14)20-13-6-4-12(5-7-13)11(2)21/h4-7,9-10H,3,8H2,1-2H3,(H,17,22)(H,18,19,20). The molecule has 2 N–H and O–H groups in total. The number of benzene rings is 1. The molecule has 1 amide bonds. The Bertz CT molecular complexity index is 668. The Kier molecular flexibility index (Phi) is 5.19. The van der Waals surface area contributed by atoms with Crippen LogP contribution in [0, 0.1) is 0 Å². The summed E-state index contributed by atoms with van der Waals surface area (Å²) in [5.74, 6) is 0.315. The van der Waals surface area contributed by atoms with E-state index >= 15 is 0 Å². The second-order valence-corrected chi connectivity index (χ2v) is 4.80. The van der Waals surface area contributed by atoms with Gasteiger partial charge < -0.3 is 10.6 Å². The van der Waals surface area contributed by atoms with Crippen LogP contribution >= 0.6 is 0 Å². The smallest absolute Gasteiger partial charge is 0.270 e. The van der Waals surface area contributed by atoms with Gasteiger partial charge >= 0.3 is 0 Å². The number of nitrogens with one attached hydrogen (secondary N) is 2. The summed E-state index contributed by atoms with van der Waals surface area (Å²) >= 11 is 0. The van der Waals surface area contributed by atoms with Gasteiger partial charge in [-0.05, 0) is 37.6 Å². The number of hydrogen-bond acceptors (Lipinski definition) is 5. The summed E-state index contributed by atoms with van der Waals surface area (Å²) in [6.45, 7) is 4.12. The quantitative estimate of drug-likeness (QED) is 0.801. The van der Waals surface area contributed by atoms with Crippen molar-refractivity contribution in [2.75, 3.05) is 11.9 Å². The van der Waals surface area contributed by atoms with Crippen molar-refractivity contribution in [3.63, 3.8) is 0 Å². The van der Waals surface area contributed by atoms with Crippen molar-refractivity contribution in [1.82, 2.24) is 15.3 Å². The van der Waals surface area contributed by atoms with Crippen LogP contribution in [0.4, 0.5) is 11.5 Å². The first kappa shape index (κ1) is 15.6. The van der Waals surface area contributed by atoms with E-state index in [4.69, 9.17) is 0 Å². The number of anilines is 2. The van der Waals surface area contributed by atoms with E-state index in [1.165, 1.54) is 13.3 Å². The molecule has 22 heavy (non-hydrogen) atoms. The molecule has 0 aliphatic rings. The zero-order valence-corrected chi connectivity index (χ0v) is 12.6. The lowest BCUT2D eigenvalue weighted by Gasteiger charge is -2.07. The third-order valence-corrected chi connectivity index (χ3v) is 3.00. The summed E-state index contributed by atoms with van der Waals surface area (Å²) in [5, 5.41) is 5.84. The molecule has 6 nitrogen and oxygen atoms in total. The summed E-state index contributed by atoms with van der Waals surface area (Å²) in [6.07, 6.45) is 2.21. The third kappa shape index (κ3) is 4.12. The lowest BCUT2D eigenvalue weighted by molar-refractivity contribution is 0.0947. The molecule has 114 valence electrons. The van der Waals surface area contributed by atoms with Gasteiger partial charge in [-0.25, -0.2) is 9.97 Å². The minimum absolute atomic E-state index is 0.0171. The van der Waals surface area contributed by atoms with Crippen LogP contribution in [0.1, 0.15) is 41.1 Å². The Morgan fingerprint density at radius 2 is 1.86 bits per heavy atom. The number of Topliss-reactive ketones (excluding diaryl/α,β-unsaturated/α-hetero) is 1. The number of aromatic nitrogens is 2. The normalized spacial score (nSPS) is 10.1. The minimum atomic E-state index is -0.223. The van der Waals surface area contributed by atoms with Gasteiger partial charge in [-0.1, -0.05) is 6.92 Å². The Morgan fingerprint density at radius 1 is 1.14 bits per heavy atom. The Morgan fingerprint density at radius 3 is 2.50 bits per heavy atom.